The van der Waals surface area contributed by atoms with Crippen molar-refractivity contribution in [3.05, 3.63) is 0 Å². The highest BCUT2D eigenvalue weighted by Gasteiger charge is 2.16. The summed E-state index contributed by atoms with van der Waals surface area (Å²) < 4.78 is 4.94. The molecule has 0 radical (unpaired) electrons. The number of nitrogens with one attached hydrogen (secondary N) is 1. The Kier molecular flexibility index (Phi) is 7.39. The molecule has 90 valence electrons. The Hall–Kier alpha value is -0.570. The Bertz CT molecular complexity index is 182. The van der Waals surface area contributed by atoms with E-state index in [2.05, 4.69) is 26.1 Å². The van der Waals surface area contributed by atoms with Gasteiger partial charge in [-0.05, 0) is 19.8 Å². The fourth-order valence-electron chi connectivity index (χ4n) is 1.29. The highest BCUT2D eigenvalue weighted by atomic mass is 16.5. The minimum atomic E-state index is -0.110. The van der Waals surface area contributed by atoms with Crippen LogP contribution in [-0.4, -0.2) is 25.2 Å². The zero-order chi connectivity index (χ0) is 11.8. The molecule has 15 heavy (non-hydrogen) atoms. The summed E-state index contributed by atoms with van der Waals surface area (Å²) in [6.45, 7) is 11.4. The average molecular weight is 215 g/mol. The minimum Gasteiger partial charge on any atom is -0.466 e. The molecule has 1 N–H and O–H groups in total. The molecule has 0 aliphatic rings. The molecule has 0 aromatic heterocycles. The molecule has 3 nitrogen and oxygen atoms in total. The summed E-state index contributed by atoms with van der Waals surface area (Å²) in [5.41, 5.74) is 0. The fourth-order valence-corrected chi connectivity index (χ4v) is 1.29. The molecule has 0 saturated carbocycles. The zero-order valence-electron chi connectivity index (χ0n) is 10.7. The quantitative estimate of drug-likeness (QED) is 0.662. The highest BCUT2D eigenvalue weighted by Crippen LogP contribution is 2.07. The van der Waals surface area contributed by atoms with E-state index in [-0.39, 0.29) is 11.9 Å². The van der Waals surface area contributed by atoms with Crippen molar-refractivity contribution in [1.29, 1.82) is 0 Å². The van der Waals surface area contributed by atoms with Gasteiger partial charge in [-0.3, -0.25) is 4.79 Å². The second-order valence-corrected chi connectivity index (χ2v) is 4.24. The molecule has 3 atom stereocenters. The van der Waals surface area contributed by atoms with Gasteiger partial charge in [-0.25, -0.2) is 0 Å². The Labute approximate surface area is 93.6 Å². The number of hydrogen-bond donors (Lipinski definition) is 1. The Morgan fingerprint density at radius 1 is 1.27 bits per heavy atom. The summed E-state index contributed by atoms with van der Waals surface area (Å²) in [5.74, 6) is 0.470. The van der Waals surface area contributed by atoms with Gasteiger partial charge in [0.1, 0.15) is 0 Å². The largest absolute Gasteiger partial charge is 0.466 e. The Morgan fingerprint density at radius 2 is 1.87 bits per heavy atom. The first-order valence-electron chi connectivity index (χ1n) is 5.92. The Morgan fingerprint density at radius 3 is 2.33 bits per heavy atom. The van der Waals surface area contributed by atoms with Crippen molar-refractivity contribution in [3.8, 4) is 0 Å². The molecule has 0 aliphatic heterocycles. The molecule has 0 aromatic carbocycles. The summed E-state index contributed by atoms with van der Waals surface area (Å²) in [6.07, 6.45) is 1.15. The van der Waals surface area contributed by atoms with Gasteiger partial charge >= 0.3 is 5.97 Å². The van der Waals surface area contributed by atoms with Crippen LogP contribution in [0.2, 0.25) is 0 Å². The van der Waals surface area contributed by atoms with Gasteiger partial charge in [0.15, 0.2) is 0 Å². The first-order chi connectivity index (χ1) is 7.02. The molecule has 0 amide bonds. The van der Waals surface area contributed by atoms with E-state index >= 15 is 0 Å². The predicted molar refractivity (Wildman–Crippen MR) is 62.7 cm³/mol. The molecular formula is C12H25NO2. The lowest BCUT2D eigenvalue weighted by Crippen LogP contribution is -2.37. The number of ether oxygens (including phenoxy) is 1. The Balaban J connectivity index is 3.79. The van der Waals surface area contributed by atoms with Crippen molar-refractivity contribution >= 4 is 5.97 Å². The maximum atomic E-state index is 11.3. The van der Waals surface area contributed by atoms with Crippen LogP contribution in [0, 0.1) is 11.8 Å². The molecule has 0 aromatic rings. The van der Waals surface area contributed by atoms with Crippen LogP contribution in [0.1, 0.15) is 41.0 Å². The van der Waals surface area contributed by atoms with E-state index in [1.165, 1.54) is 0 Å². The van der Waals surface area contributed by atoms with Crippen LogP contribution in [0.15, 0.2) is 0 Å². The van der Waals surface area contributed by atoms with E-state index in [4.69, 9.17) is 4.74 Å². The average Bonchev–Trinajstić information content (AvgIpc) is 2.24. The lowest BCUT2D eigenvalue weighted by molar-refractivity contribution is -0.147. The summed E-state index contributed by atoms with van der Waals surface area (Å²) in [5, 5.41) is 3.37. The van der Waals surface area contributed by atoms with Crippen LogP contribution >= 0.6 is 0 Å². The van der Waals surface area contributed by atoms with Gasteiger partial charge in [0, 0.05) is 12.6 Å². The van der Waals surface area contributed by atoms with E-state index in [0.29, 0.717) is 25.1 Å². The predicted octanol–water partition coefficient (Wildman–Crippen LogP) is 2.21. The summed E-state index contributed by atoms with van der Waals surface area (Å²) in [4.78, 5) is 11.3. The van der Waals surface area contributed by atoms with Crippen LogP contribution in [0.5, 0.6) is 0 Å². The molecule has 0 bridgehead atoms. The van der Waals surface area contributed by atoms with Gasteiger partial charge in [-0.15, -0.1) is 0 Å². The van der Waals surface area contributed by atoms with Crippen molar-refractivity contribution in [3.63, 3.8) is 0 Å². The van der Waals surface area contributed by atoms with Crippen molar-refractivity contribution in [1.82, 2.24) is 5.32 Å². The molecule has 0 heterocycles. The van der Waals surface area contributed by atoms with Crippen LogP contribution in [0.25, 0.3) is 0 Å². The van der Waals surface area contributed by atoms with Crippen LogP contribution in [-0.2, 0) is 9.53 Å². The highest BCUT2D eigenvalue weighted by molar-refractivity contribution is 5.72. The second kappa shape index (κ2) is 7.69. The first kappa shape index (κ1) is 14.4. The van der Waals surface area contributed by atoms with Gasteiger partial charge < -0.3 is 10.1 Å². The number of carbonyl (C=O) groups excluding carboxylic acids is 1. The van der Waals surface area contributed by atoms with E-state index in [9.17, 15) is 4.79 Å². The second-order valence-electron chi connectivity index (χ2n) is 4.24. The summed E-state index contributed by atoms with van der Waals surface area (Å²) in [6, 6.07) is 0.451. The normalized spacial score (nSPS) is 16.9. The van der Waals surface area contributed by atoms with Crippen molar-refractivity contribution in [2.24, 2.45) is 11.8 Å². The van der Waals surface area contributed by atoms with Crippen LogP contribution in [0.3, 0.4) is 0 Å². The van der Waals surface area contributed by atoms with Crippen molar-refractivity contribution in [2.75, 3.05) is 13.2 Å². The molecule has 0 aliphatic carbocycles. The zero-order valence-corrected chi connectivity index (χ0v) is 10.7. The maximum absolute atomic E-state index is 11.3. The lowest BCUT2D eigenvalue weighted by Gasteiger charge is -2.21. The van der Waals surface area contributed by atoms with E-state index in [1.54, 1.807) is 0 Å². The van der Waals surface area contributed by atoms with Gasteiger partial charge in [-0.2, -0.15) is 0 Å². The van der Waals surface area contributed by atoms with Gasteiger partial charge in [-0.1, -0.05) is 27.2 Å². The lowest BCUT2D eigenvalue weighted by atomic mass is 10.0. The van der Waals surface area contributed by atoms with Crippen LogP contribution in [0.4, 0.5) is 0 Å². The van der Waals surface area contributed by atoms with Crippen molar-refractivity contribution in [2.45, 2.75) is 47.1 Å². The third-order valence-electron chi connectivity index (χ3n) is 2.93. The SMILES string of the molecule is CCOC(=O)C(C)CNC(C)C(C)CC. The molecule has 0 rings (SSSR count). The third kappa shape index (κ3) is 5.78. The maximum Gasteiger partial charge on any atom is 0.309 e. The number of rotatable bonds is 7. The molecule has 3 heteroatoms. The molecular weight excluding hydrogens is 190 g/mol. The molecule has 0 spiro atoms. The fraction of sp³-hybridized carbons (Fsp3) is 0.917. The molecule has 0 saturated heterocycles. The molecule has 3 unspecified atom stereocenters. The van der Waals surface area contributed by atoms with Crippen molar-refractivity contribution < 1.29 is 9.53 Å². The van der Waals surface area contributed by atoms with Gasteiger partial charge in [0.25, 0.3) is 0 Å². The molecule has 0 fully saturated rings. The van der Waals surface area contributed by atoms with E-state index in [0.717, 1.165) is 6.42 Å². The monoisotopic (exact) mass is 215 g/mol. The standard InChI is InChI=1S/C12H25NO2/c1-6-9(3)11(5)13-8-10(4)12(14)15-7-2/h9-11,13H,6-8H2,1-5H3. The topological polar surface area (TPSA) is 38.3 Å². The van der Waals surface area contributed by atoms with E-state index < -0.39 is 0 Å². The van der Waals surface area contributed by atoms with Gasteiger partial charge in [0.05, 0.1) is 12.5 Å². The first-order valence-corrected chi connectivity index (χ1v) is 5.92. The third-order valence-corrected chi connectivity index (χ3v) is 2.93. The number of esters is 1. The number of hydrogen-bond acceptors (Lipinski definition) is 3. The minimum absolute atomic E-state index is 0.0588. The van der Waals surface area contributed by atoms with E-state index in [1.807, 2.05) is 13.8 Å². The smallest absolute Gasteiger partial charge is 0.309 e. The summed E-state index contributed by atoms with van der Waals surface area (Å²) >= 11 is 0. The van der Waals surface area contributed by atoms with Crippen LogP contribution < -0.4 is 5.32 Å². The number of carbonyl (C=O) groups is 1. The summed E-state index contributed by atoms with van der Waals surface area (Å²) in [7, 11) is 0. The van der Waals surface area contributed by atoms with Gasteiger partial charge in [0.2, 0.25) is 0 Å².